The van der Waals surface area contributed by atoms with Crippen molar-refractivity contribution in [2.75, 3.05) is 0 Å². The van der Waals surface area contributed by atoms with E-state index < -0.39 is 9.84 Å². The Morgan fingerprint density at radius 2 is 1.30 bits per heavy atom. The second-order valence-corrected chi connectivity index (χ2v) is 9.89. The van der Waals surface area contributed by atoms with Gasteiger partial charge < -0.3 is 0 Å². The van der Waals surface area contributed by atoms with E-state index in [1.165, 1.54) is 69.9 Å². The van der Waals surface area contributed by atoms with Gasteiger partial charge in [-0.15, -0.1) is 0 Å². The van der Waals surface area contributed by atoms with Gasteiger partial charge in [-0.1, -0.05) is 89.2 Å². The number of hydrogen-bond acceptors (Lipinski definition) is 3. The van der Waals surface area contributed by atoms with Crippen molar-refractivity contribution in [3.63, 3.8) is 0 Å². The molecule has 0 bridgehead atoms. The van der Waals surface area contributed by atoms with Gasteiger partial charge in [-0.3, -0.25) is 4.79 Å². The van der Waals surface area contributed by atoms with E-state index in [1.54, 1.807) is 12.1 Å². The second kappa shape index (κ2) is 16.1. The van der Waals surface area contributed by atoms with Crippen molar-refractivity contribution in [3.05, 3.63) is 54.0 Å². The number of rotatable bonds is 18. The largest absolute Gasteiger partial charge is 0.294 e. The molecule has 0 aliphatic carbocycles. The van der Waals surface area contributed by atoms with Crippen LogP contribution in [0.4, 0.5) is 0 Å². The highest BCUT2D eigenvalue weighted by Crippen LogP contribution is 2.16. The lowest BCUT2D eigenvalue weighted by atomic mass is 10.0. The minimum atomic E-state index is -3.44. The first-order valence-electron chi connectivity index (χ1n) is 11.7. The highest BCUT2D eigenvalue weighted by atomic mass is 32.2. The van der Waals surface area contributed by atoms with Crippen LogP contribution >= 0.6 is 0 Å². The van der Waals surface area contributed by atoms with E-state index >= 15 is 0 Å². The van der Waals surface area contributed by atoms with Crippen molar-refractivity contribution in [2.24, 2.45) is 0 Å². The van der Waals surface area contributed by atoms with Crippen LogP contribution < -0.4 is 0 Å². The molecule has 0 saturated carbocycles. The molecule has 0 fully saturated rings. The van der Waals surface area contributed by atoms with Gasteiger partial charge in [-0.25, -0.2) is 8.42 Å². The maximum atomic E-state index is 12.2. The van der Waals surface area contributed by atoms with E-state index in [0.717, 1.165) is 31.1 Å². The Hall–Kier alpha value is -1.68. The SMILES string of the molecule is C=CS(=O)(=O)c1ccc(C(=O)CCCCCCCC=CCCCCCCCC)cc1. The summed E-state index contributed by atoms with van der Waals surface area (Å²) in [4.78, 5) is 12.4. The van der Waals surface area contributed by atoms with Gasteiger partial charge in [0.2, 0.25) is 0 Å². The third kappa shape index (κ3) is 11.5. The molecular weight excluding hydrogens is 392 g/mol. The van der Waals surface area contributed by atoms with Gasteiger partial charge in [-0.05, 0) is 44.2 Å². The van der Waals surface area contributed by atoms with Gasteiger partial charge in [0.05, 0.1) is 4.90 Å². The topological polar surface area (TPSA) is 51.2 Å². The Morgan fingerprint density at radius 3 is 1.83 bits per heavy atom. The predicted molar refractivity (Wildman–Crippen MR) is 128 cm³/mol. The molecule has 0 atom stereocenters. The van der Waals surface area contributed by atoms with Gasteiger partial charge in [0.15, 0.2) is 15.6 Å². The number of carbonyl (C=O) groups excluding carboxylic acids is 1. The number of ketones is 1. The molecular formula is C26H40O3S. The first-order valence-corrected chi connectivity index (χ1v) is 13.2. The fraction of sp³-hybridized carbons (Fsp3) is 0.577. The molecule has 1 aromatic rings. The average molecular weight is 433 g/mol. The average Bonchev–Trinajstić information content (AvgIpc) is 2.76. The molecule has 0 aliphatic rings. The number of unbranched alkanes of at least 4 members (excludes halogenated alkanes) is 11. The van der Waals surface area contributed by atoms with Crippen molar-refractivity contribution in [1.82, 2.24) is 0 Å². The highest BCUT2D eigenvalue weighted by Gasteiger charge is 2.11. The van der Waals surface area contributed by atoms with Gasteiger partial charge in [0, 0.05) is 17.4 Å². The maximum absolute atomic E-state index is 12.2. The molecule has 0 heterocycles. The zero-order chi connectivity index (χ0) is 22.1. The van der Waals surface area contributed by atoms with E-state index in [0.29, 0.717) is 12.0 Å². The van der Waals surface area contributed by atoms with E-state index in [4.69, 9.17) is 0 Å². The molecule has 1 rings (SSSR count). The zero-order valence-electron chi connectivity index (χ0n) is 18.8. The quantitative estimate of drug-likeness (QED) is 0.135. The lowest BCUT2D eigenvalue weighted by Gasteiger charge is -2.03. The van der Waals surface area contributed by atoms with Crippen LogP contribution in [-0.2, 0) is 9.84 Å². The molecule has 0 spiro atoms. The minimum absolute atomic E-state index is 0.0789. The van der Waals surface area contributed by atoms with Crippen molar-refractivity contribution in [1.29, 1.82) is 0 Å². The number of carbonyl (C=O) groups is 1. The lowest BCUT2D eigenvalue weighted by Crippen LogP contribution is -2.01. The molecule has 4 heteroatoms. The third-order valence-electron chi connectivity index (χ3n) is 5.39. The van der Waals surface area contributed by atoms with Crippen LogP contribution in [0.3, 0.4) is 0 Å². The van der Waals surface area contributed by atoms with Crippen LogP contribution in [0.5, 0.6) is 0 Å². The maximum Gasteiger partial charge on any atom is 0.199 e. The summed E-state index contributed by atoms with van der Waals surface area (Å²) in [6.45, 7) is 5.57. The monoisotopic (exact) mass is 432 g/mol. The molecule has 0 unspecified atom stereocenters. The summed E-state index contributed by atoms with van der Waals surface area (Å²) in [6.07, 6.45) is 21.3. The highest BCUT2D eigenvalue weighted by molar-refractivity contribution is 7.94. The summed E-state index contributed by atoms with van der Waals surface area (Å²) in [5, 5.41) is 0.926. The summed E-state index contributed by atoms with van der Waals surface area (Å²) in [5.74, 6) is 0.0789. The van der Waals surface area contributed by atoms with Crippen LogP contribution in [-0.4, -0.2) is 14.2 Å². The van der Waals surface area contributed by atoms with Crippen LogP contribution in [0.1, 0.15) is 107 Å². The molecule has 0 radical (unpaired) electrons. The van der Waals surface area contributed by atoms with Gasteiger partial charge in [0.1, 0.15) is 0 Å². The Labute approximate surface area is 184 Å². The summed E-state index contributed by atoms with van der Waals surface area (Å²) in [5.41, 5.74) is 0.577. The van der Waals surface area contributed by atoms with E-state index in [9.17, 15) is 13.2 Å². The van der Waals surface area contributed by atoms with Crippen molar-refractivity contribution in [2.45, 2.75) is 102 Å². The molecule has 0 saturated heterocycles. The molecule has 3 nitrogen and oxygen atoms in total. The number of benzene rings is 1. The molecule has 0 N–H and O–H groups in total. The predicted octanol–water partition coefficient (Wildman–Crippen LogP) is 7.82. The third-order valence-corrected chi connectivity index (χ3v) is 6.76. The summed E-state index contributed by atoms with van der Waals surface area (Å²) < 4.78 is 23.4. The number of sulfone groups is 1. The first-order chi connectivity index (χ1) is 14.5. The molecule has 0 aliphatic heterocycles. The minimum Gasteiger partial charge on any atom is -0.294 e. The van der Waals surface area contributed by atoms with Gasteiger partial charge in [0.25, 0.3) is 0 Å². The van der Waals surface area contributed by atoms with Crippen molar-refractivity contribution >= 4 is 15.6 Å². The van der Waals surface area contributed by atoms with Crippen LogP contribution in [0.15, 0.2) is 53.3 Å². The fourth-order valence-electron chi connectivity index (χ4n) is 3.43. The smallest absolute Gasteiger partial charge is 0.199 e. The Balaban J connectivity index is 2.04. The Bertz CT molecular complexity index is 730. The molecule has 30 heavy (non-hydrogen) atoms. The number of allylic oxidation sites excluding steroid dienone is 2. The van der Waals surface area contributed by atoms with Crippen molar-refractivity contribution in [3.8, 4) is 0 Å². The second-order valence-electron chi connectivity index (χ2n) is 7.99. The molecule has 1 aromatic carbocycles. The lowest BCUT2D eigenvalue weighted by molar-refractivity contribution is 0.0979. The standard InChI is InChI=1S/C26H40O3S/c1-3-5-6-7-8-9-10-11-12-13-14-15-16-17-18-19-26(27)24-20-22-25(23-21-24)30(28,29)4-2/h4,11-12,20-23H,2-3,5-10,13-19H2,1H3. The Morgan fingerprint density at radius 1 is 0.800 bits per heavy atom. The van der Waals surface area contributed by atoms with E-state index in [1.807, 2.05) is 0 Å². The molecule has 0 aromatic heterocycles. The first kappa shape index (κ1) is 26.4. The van der Waals surface area contributed by atoms with E-state index in [-0.39, 0.29) is 10.7 Å². The van der Waals surface area contributed by atoms with Gasteiger partial charge in [-0.2, -0.15) is 0 Å². The fourth-order valence-corrected chi connectivity index (χ4v) is 4.14. The summed E-state index contributed by atoms with van der Waals surface area (Å²) >= 11 is 0. The zero-order valence-corrected chi connectivity index (χ0v) is 19.6. The number of hydrogen-bond donors (Lipinski definition) is 0. The summed E-state index contributed by atoms with van der Waals surface area (Å²) in [6, 6.07) is 6.14. The Kier molecular flexibility index (Phi) is 14.1. The normalized spacial score (nSPS) is 11.8. The van der Waals surface area contributed by atoms with E-state index in [2.05, 4.69) is 25.7 Å². The van der Waals surface area contributed by atoms with Crippen LogP contribution in [0, 0.1) is 0 Å². The molecule has 0 amide bonds. The van der Waals surface area contributed by atoms with Crippen LogP contribution in [0.25, 0.3) is 0 Å². The number of Topliss-reactive ketones (excluding diaryl/α,β-unsaturated/α-hetero) is 1. The van der Waals surface area contributed by atoms with Crippen molar-refractivity contribution < 1.29 is 13.2 Å². The van der Waals surface area contributed by atoms with Gasteiger partial charge >= 0.3 is 0 Å². The molecule has 168 valence electrons. The van der Waals surface area contributed by atoms with Crippen LogP contribution in [0.2, 0.25) is 0 Å². The summed E-state index contributed by atoms with van der Waals surface area (Å²) in [7, 11) is -3.44.